The highest BCUT2D eigenvalue weighted by Gasteiger charge is 2.14. The molecule has 8 heteroatoms. The average Bonchev–Trinajstić information content (AvgIpc) is 3.14. The van der Waals surface area contributed by atoms with Gasteiger partial charge in [0.1, 0.15) is 5.82 Å². The van der Waals surface area contributed by atoms with Crippen molar-refractivity contribution in [2.45, 2.75) is 13.5 Å². The molecule has 0 unspecified atom stereocenters. The Morgan fingerprint density at radius 2 is 2.04 bits per heavy atom. The van der Waals surface area contributed by atoms with E-state index in [9.17, 15) is 4.79 Å². The van der Waals surface area contributed by atoms with Gasteiger partial charge in [-0.15, -0.1) is 0 Å². The number of rotatable bonds is 5. The number of carboxylic acids is 1. The third-order valence-electron chi connectivity index (χ3n) is 4.25. The molecular weight excluding hydrogens is 382 g/mol. The highest BCUT2D eigenvalue weighted by Crippen LogP contribution is 2.33. The Hall–Kier alpha value is -3.32. The van der Waals surface area contributed by atoms with Crippen LogP contribution in [0.2, 0.25) is 5.02 Å². The molecule has 3 aromatic rings. The second-order valence-corrected chi connectivity index (χ2v) is 6.70. The molecule has 0 saturated carbocycles. The lowest BCUT2D eigenvalue weighted by atomic mass is 10.2. The van der Waals surface area contributed by atoms with E-state index in [-0.39, 0.29) is 12.4 Å². The first kappa shape index (κ1) is 18.1. The molecule has 0 spiro atoms. The summed E-state index contributed by atoms with van der Waals surface area (Å²) in [6.45, 7) is 2.20. The zero-order valence-electron chi connectivity index (χ0n) is 14.9. The number of hydrogen-bond acceptors (Lipinski definition) is 6. The molecule has 28 heavy (non-hydrogen) atoms. The van der Waals surface area contributed by atoms with E-state index in [1.165, 1.54) is 13.0 Å². The molecule has 0 atom stereocenters. The smallest absolute Gasteiger partial charge is 0.331 e. The number of nitrogens with zero attached hydrogens (tertiary/aromatic N) is 2. The van der Waals surface area contributed by atoms with Crippen molar-refractivity contribution >= 4 is 40.4 Å². The van der Waals surface area contributed by atoms with E-state index >= 15 is 0 Å². The van der Waals surface area contributed by atoms with Crippen LogP contribution in [0.15, 0.2) is 42.0 Å². The molecule has 0 fully saturated rings. The number of hydrogen-bond donors (Lipinski definition) is 2. The minimum Gasteiger partial charge on any atom is -0.478 e. The Morgan fingerprint density at radius 1 is 1.21 bits per heavy atom. The number of fused-ring (bicyclic) bond motifs is 2. The molecule has 2 N–H and O–H groups in total. The van der Waals surface area contributed by atoms with Gasteiger partial charge in [0.25, 0.3) is 0 Å². The van der Waals surface area contributed by atoms with Gasteiger partial charge in [0.05, 0.1) is 5.52 Å². The topological polar surface area (TPSA) is 93.6 Å². The van der Waals surface area contributed by atoms with Crippen molar-refractivity contribution in [1.82, 2.24) is 9.97 Å². The van der Waals surface area contributed by atoms with E-state index in [1.807, 2.05) is 18.2 Å². The molecule has 7 nitrogen and oxygen atoms in total. The van der Waals surface area contributed by atoms with Crippen LogP contribution in [-0.4, -0.2) is 27.8 Å². The van der Waals surface area contributed by atoms with Crippen molar-refractivity contribution < 1.29 is 19.4 Å². The number of aromatic nitrogens is 2. The molecule has 2 aromatic carbocycles. The van der Waals surface area contributed by atoms with Crippen molar-refractivity contribution in [3.63, 3.8) is 0 Å². The number of ether oxygens (including phenoxy) is 2. The van der Waals surface area contributed by atoms with Gasteiger partial charge in [-0.1, -0.05) is 17.7 Å². The largest absolute Gasteiger partial charge is 0.478 e. The molecule has 1 aliphatic rings. The van der Waals surface area contributed by atoms with E-state index in [0.29, 0.717) is 34.5 Å². The summed E-state index contributed by atoms with van der Waals surface area (Å²) in [5.74, 6) is 1.28. The van der Waals surface area contributed by atoms with Crippen molar-refractivity contribution in [2.75, 3.05) is 12.1 Å². The van der Waals surface area contributed by atoms with Crippen LogP contribution in [0.3, 0.4) is 0 Å². The molecule has 0 saturated heterocycles. The molecule has 2 heterocycles. The van der Waals surface area contributed by atoms with Gasteiger partial charge < -0.3 is 19.9 Å². The Bertz CT molecular complexity index is 1110. The number of nitrogens with one attached hydrogen (secondary N) is 1. The van der Waals surface area contributed by atoms with Crippen LogP contribution in [0.4, 0.5) is 5.82 Å². The monoisotopic (exact) mass is 397 g/mol. The third-order valence-corrected chi connectivity index (χ3v) is 4.49. The third kappa shape index (κ3) is 3.70. The summed E-state index contributed by atoms with van der Waals surface area (Å²) in [6, 6.07) is 11.0. The molecule has 0 bridgehead atoms. The van der Waals surface area contributed by atoms with E-state index < -0.39 is 5.97 Å². The Labute approximate surface area is 165 Å². The molecule has 1 aromatic heterocycles. The number of halogens is 1. The lowest BCUT2D eigenvalue weighted by Gasteiger charge is -2.11. The van der Waals surface area contributed by atoms with Gasteiger partial charge in [-0.3, -0.25) is 0 Å². The molecular formula is C20H16ClN3O4. The number of carbonyl (C=O) groups is 1. The van der Waals surface area contributed by atoms with Crippen LogP contribution in [0.25, 0.3) is 17.0 Å². The first-order valence-corrected chi connectivity index (χ1v) is 8.89. The minimum absolute atomic E-state index is 0.148. The van der Waals surface area contributed by atoms with E-state index in [1.54, 1.807) is 18.2 Å². The summed E-state index contributed by atoms with van der Waals surface area (Å²) in [5, 5.41) is 13.7. The highest BCUT2D eigenvalue weighted by atomic mass is 35.5. The van der Waals surface area contributed by atoms with Gasteiger partial charge in [0.2, 0.25) is 6.79 Å². The predicted molar refractivity (Wildman–Crippen MR) is 106 cm³/mol. The van der Waals surface area contributed by atoms with Crippen LogP contribution in [0.1, 0.15) is 18.3 Å². The van der Waals surface area contributed by atoms with Crippen LogP contribution in [-0.2, 0) is 11.3 Å². The van der Waals surface area contributed by atoms with Gasteiger partial charge in [0, 0.05) is 22.5 Å². The predicted octanol–water partition coefficient (Wildman–Crippen LogP) is 4.11. The summed E-state index contributed by atoms with van der Waals surface area (Å²) >= 11 is 6.13. The first-order chi connectivity index (χ1) is 13.5. The Kier molecular flexibility index (Phi) is 4.75. The van der Waals surface area contributed by atoms with Crippen molar-refractivity contribution in [1.29, 1.82) is 0 Å². The maximum Gasteiger partial charge on any atom is 0.331 e. The molecule has 4 rings (SSSR count). The fourth-order valence-electron chi connectivity index (χ4n) is 2.81. The molecule has 142 valence electrons. The van der Waals surface area contributed by atoms with Crippen molar-refractivity contribution in [3.05, 3.63) is 58.4 Å². The second-order valence-electron chi connectivity index (χ2n) is 6.27. The maximum atomic E-state index is 11.1. The zero-order valence-corrected chi connectivity index (χ0v) is 15.7. The van der Waals surface area contributed by atoms with E-state index in [0.717, 1.165) is 16.7 Å². The zero-order chi connectivity index (χ0) is 19.7. The SMILES string of the molecule is C/C(=C/c1nc(NCc2ccc3c(c2)OCO3)c2cc(Cl)ccc2n1)C(=O)O. The lowest BCUT2D eigenvalue weighted by Crippen LogP contribution is -2.05. The Balaban J connectivity index is 1.68. The first-order valence-electron chi connectivity index (χ1n) is 8.51. The maximum absolute atomic E-state index is 11.1. The van der Waals surface area contributed by atoms with Crippen LogP contribution < -0.4 is 14.8 Å². The van der Waals surface area contributed by atoms with Crippen molar-refractivity contribution in [3.8, 4) is 11.5 Å². The van der Waals surface area contributed by atoms with Crippen LogP contribution in [0, 0.1) is 0 Å². The summed E-state index contributed by atoms with van der Waals surface area (Å²) < 4.78 is 10.7. The fourth-order valence-corrected chi connectivity index (χ4v) is 2.98. The van der Waals surface area contributed by atoms with Crippen molar-refractivity contribution in [2.24, 2.45) is 0 Å². The lowest BCUT2D eigenvalue weighted by molar-refractivity contribution is -0.132. The number of benzene rings is 2. The molecule has 0 amide bonds. The fraction of sp³-hybridized carbons (Fsp3) is 0.150. The highest BCUT2D eigenvalue weighted by molar-refractivity contribution is 6.31. The average molecular weight is 398 g/mol. The van der Waals surface area contributed by atoms with Crippen LogP contribution >= 0.6 is 11.6 Å². The normalized spacial score (nSPS) is 13.0. The van der Waals surface area contributed by atoms with Gasteiger partial charge >= 0.3 is 5.97 Å². The van der Waals surface area contributed by atoms with E-state index in [4.69, 9.17) is 26.2 Å². The van der Waals surface area contributed by atoms with E-state index in [2.05, 4.69) is 15.3 Å². The van der Waals surface area contributed by atoms with Gasteiger partial charge in [-0.05, 0) is 48.9 Å². The quantitative estimate of drug-likeness (QED) is 0.625. The molecule has 0 aliphatic carbocycles. The molecule has 0 radical (unpaired) electrons. The number of carboxylic acid groups (broad SMARTS) is 1. The minimum atomic E-state index is -1.02. The summed E-state index contributed by atoms with van der Waals surface area (Å²) in [5.41, 5.74) is 1.80. The van der Waals surface area contributed by atoms with Gasteiger partial charge in [0.15, 0.2) is 17.3 Å². The number of aliphatic carboxylic acids is 1. The standard InChI is InChI=1S/C20H16ClN3O4/c1-11(20(25)26)6-18-23-15-4-3-13(21)8-14(15)19(24-18)22-9-12-2-5-16-17(7-12)28-10-27-16/h2-8H,9-10H2,1H3,(H,25,26)(H,22,23,24)/b11-6-. The Morgan fingerprint density at radius 3 is 2.86 bits per heavy atom. The molecule has 1 aliphatic heterocycles. The van der Waals surface area contributed by atoms with Gasteiger partial charge in [-0.2, -0.15) is 0 Å². The summed E-state index contributed by atoms with van der Waals surface area (Å²) in [6.07, 6.45) is 1.43. The van der Waals surface area contributed by atoms with Crippen LogP contribution in [0.5, 0.6) is 11.5 Å². The number of anilines is 1. The summed E-state index contributed by atoms with van der Waals surface area (Å²) in [4.78, 5) is 20.0. The van der Waals surface area contributed by atoms with Gasteiger partial charge in [-0.25, -0.2) is 14.8 Å². The second kappa shape index (κ2) is 7.36. The summed E-state index contributed by atoms with van der Waals surface area (Å²) in [7, 11) is 0.